The second-order valence-corrected chi connectivity index (χ2v) is 6.69. The predicted octanol–water partition coefficient (Wildman–Crippen LogP) is 4.43. The largest absolute Gasteiger partial charge is 0.360 e. The molecule has 0 aliphatic carbocycles. The zero-order valence-electron chi connectivity index (χ0n) is 12.4. The predicted molar refractivity (Wildman–Crippen MR) is 99.6 cm³/mol. The van der Waals surface area contributed by atoms with E-state index in [1.165, 1.54) is 0 Å². The van der Waals surface area contributed by atoms with Crippen molar-refractivity contribution < 1.29 is 0 Å². The summed E-state index contributed by atoms with van der Waals surface area (Å²) in [6, 6.07) is 8.06. The number of hydrogen-bond acceptors (Lipinski definition) is 2. The summed E-state index contributed by atoms with van der Waals surface area (Å²) in [6.07, 6.45) is 2.90. The van der Waals surface area contributed by atoms with E-state index in [1.807, 2.05) is 35.1 Å². The zero-order chi connectivity index (χ0) is 16.1. The van der Waals surface area contributed by atoms with Crippen molar-refractivity contribution in [1.82, 2.24) is 15.1 Å². The topological polar surface area (TPSA) is 41.9 Å². The Labute approximate surface area is 149 Å². The number of anilines is 1. The van der Waals surface area contributed by atoms with Gasteiger partial charge in [0.2, 0.25) is 0 Å². The Hall–Kier alpha value is -1.11. The minimum Gasteiger partial charge on any atom is -0.360 e. The van der Waals surface area contributed by atoms with Crippen LogP contribution in [0.15, 0.2) is 34.9 Å². The van der Waals surface area contributed by atoms with Gasteiger partial charge in [-0.1, -0.05) is 36.7 Å². The third-order valence-corrected chi connectivity index (χ3v) is 4.40. The molecule has 0 saturated heterocycles. The Balaban J connectivity index is 2.05. The van der Waals surface area contributed by atoms with Crippen LogP contribution >= 0.6 is 39.7 Å². The number of nitrogens with one attached hydrogen (secondary N) is 2. The molecule has 1 aromatic heterocycles. The Morgan fingerprint density at radius 1 is 1.45 bits per heavy atom. The van der Waals surface area contributed by atoms with Gasteiger partial charge in [0.15, 0.2) is 10.9 Å². The van der Waals surface area contributed by atoms with E-state index >= 15 is 0 Å². The first-order valence-electron chi connectivity index (χ1n) is 7.03. The molecule has 1 heterocycles. The Bertz CT molecular complexity index is 659. The molecule has 1 atom stereocenters. The van der Waals surface area contributed by atoms with Gasteiger partial charge in [-0.05, 0) is 53.1 Å². The average molecular weight is 402 g/mol. The maximum absolute atomic E-state index is 6.18. The van der Waals surface area contributed by atoms with Gasteiger partial charge in [-0.25, -0.2) is 0 Å². The molecule has 0 bridgehead atoms. The minimum absolute atomic E-state index is 0.323. The summed E-state index contributed by atoms with van der Waals surface area (Å²) in [5.74, 6) is 0.688. The molecule has 0 saturated carbocycles. The van der Waals surface area contributed by atoms with Crippen molar-refractivity contribution in [2.24, 2.45) is 0 Å². The molecule has 0 spiro atoms. The van der Waals surface area contributed by atoms with Gasteiger partial charge >= 0.3 is 0 Å². The maximum atomic E-state index is 6.18. The third-order valence-electron chi connectivity index (χ3n) is 3.23. The zero-order valence-corrected chi connectivity index (χ0v) is 15.6. The van der Waals surface area contributed by atoms with Crippen LogP contribution in [0.2, 0.25) is 5.02 Å². The fraction of sp³-hybridized carbons (Fsp3) is 0.333. The van der Waals surface area contributed by atoms with Crippen molar-refractivity contribution in [2.75, 3.05) is 5.32 Å². The first-order chi connectivity index (χ1) is 10.5. The highest BCUT2D eigenvalue weighted by molar-refractivity contribution is 9.10. The lowest BCUT2D eigenvalue weighted by atomic mass is 10.2. The number of aromatic nitrogens is 2. The van der Waals surface area contributed by atoms with Gasteiger partial charge in [0, 0.05) is 17.3 Å². The third kappa shape index (κ3) is 4.69. The Kier molecular flexibility index (Phi) is 6.23. The fourth-order valence-corrected chi connectivity index (χ4v) is 2.74. The SMILES string of the molecule is CCC(C)NC(=S)Nc1nn(Cc2ccccc2Cl)cc1Br. The molecular weight excluding hydrogens is 384 g/mol. The lowest BCUT2D eigenvalue weighted by Crippen LogP contribution is -2.35. The highest BCUT2D eigenvalue weighted by atomic mass is 79.9. The van der Waals surface area contributed by atoms with Crippen molar-refractivity contribution >= 4 is 50.7 Å². The molecule has 22 heavy (non-hydrogen) atoms. The second kappa shape index (κ2) is 7.94. The molecule has 2 aromatic rings. The van der Waals surface area contributed by atoms with E-state index in [-0.39, 0.29) is 0 Å². The van der Waals surface area contributed by atoms with Crippen molar-refractivity contribution in [3.05, 3.63) is 45.5 Å². The minimum atomic E-state index is 0.323. The van der Waals surface area contributed by atoms with Crippen LogP contribution in [-0.4, -0.2) is 20.9 Å². The van der Waals surface area contributed by atoms with Gasteiger partial charge in [0.05, 0.1) is 11.0 Å². The monoisotopic (exact) mass is 400 g/mol. The van der Waals surface area contributed by atoms with E-state index < -0.39 is 0 Å². The van der Waals surface area contributed by atoms with Crippen LogP contribution in [-0.2, 0) is 6.54 Å². The molecule has 118 valence electrons. The smallest absolute Gasteiger partial charge is 0.172 e. The van der Waals surface area contributed by atoms with Crippen LogP contribution in [0.4, 0.5) is 5.82 Å². The number of rotatable bonds is 5. The van der Waals surface area contributed by atoms with Gasteiger partial charge < -0.3 is 10.6 Å². The number of thiocarbonyl (C=S) groups is 1. The second-order valence-electron chi connectivity index (χ2n) is 5.02. The average Bonchev–Trinajstić information content (AvgIpc) is 2.81. The number of nitrogens with zero attached hydrogens (tertiary/aromatic N) is 2. The standard InChI is InChI=1S/C15H18BrClN4S/c1-3-10(2)18-15(22)19-14-12(16)9-21(20-14)8-11-6-4-5-7-13(11)17/h4-7,9-10H,3,8H2,1-2H3,(H2,18,19,20,22). The fourth-order valence-electron chi connectivity index (χ4n) is 1.83. The van der Waals surface area contributed by atoms with Gasteiger partial charge in [-0.3, -0.25) is 4.68 Å². The summed E-state index contributed by atoms with van der Waals surface area (Å²) in [6.45, 7) is 4.79. The van der Waals surface area contributed by atoms with Crippen LogP contribution in [0.5, 0.6) is 0 Å². The van der Waals surface area contributed by atoms with Crippen LogP contribution < -0.4 is 10.6 Å². The molecular formula is C15H18BrClN4S. The van der Waals surface area contributed by atoms with E-state index in [9.17, 15) is 0 Å². The summed E-state index contributed by atoms with van der Waals surface area (Å²) in [7, 11) is 0. The molecule has 2 rings (SSSR count). The molecule has 0 radical (unpaired) electrons. The first-order valence-corrected chi connectivity index (χ1v) is 8.61. The molecule has 0 fully saturated rings. The van der Waals surface area contributed by atoms with E-state index in [4.69, 9.17) is 23.8 Å². The Morgan fingerprint density at radius 3 is 2.86 bits per heavy atom. The van der Waals surface area contributed by atoms with Crippen molar-refractivity contribution in [3.63, 3.8) is 0 Å². The molecule has 2 N–H and O–H groups in total. The lowest BCUT2D eigenvalue weighted by Gasteiger charge is -2.14. The molecule has 0 amide bonds. The highest BCUT2D eigenvalue weighted by Crippen LogP contribution is 2.22. The summed E-state index contributed by atoms with van der Waals surface area (Å²) in [5, 5.41) is 12.1. The summed E-state index contributed by atoms with van der Waals surface area (Å²) in [5.41, 5.74) is 1.02. The normalized spacial score (nSPS) is 12.0. The van der Waals surface area contributed by atoms with E-state index in [0.717, 1.165) is 21.5 Å². The van der Waals surface area contributed by atoms with Crippen molar-refractivity contribution in [1.29, 1.82) is 0 Å². The number of halogens is 2. The summed E-state index contributed by atoms with van der Waals surface area (Å²) < 4.78 is 2.67. The van der Waals surface area contributed by atoms with E-state index in [0.29, 0.717) is 23.5 Å². The maximum Gasteiger partial charge on any atom is 0.172 e. The molecule has 0 aliphatic rings. The van der Waals surface area contributed by atoms with Crippen LogP contribution in [0.3, 0.4) is 0 Å². The number of benzene rings is 1. The number of hydrogen-bond donors (Lipinski definition) is 2. The molecule has 7 heteroatoms. The quantitative estimate of drug-likeness (QED) is 0.727. The Morgan fingerprint density at radius 2 is 2.18 bits per heavy atom. The van der Waals surface area contributed by atoms with Gasteiger partial charge in [-0.2, -0.15) is 5.10 Å². The van der Waals surface area contributed by atoms with E-state index in [2.05, 4.69) is 45.5 Å². The first kappa shape index (κ1) is 17.2. The summed E-state index contributed by atoms with van der Waals surface area (Å²) in [4.78, 5) is 0. The molecule has 1 unspecified atom stereocenters. The van der Waals surface area contributed by atoms with Gasteiger partial charge in [0.1, 0.15) is 0 Å². The van der Waals surface area contributed by atoms with Crippen LogP contribution in [0.1, 0.15) is 25.8 Å². The van der Waals surface area contributed by atoms with Gasteiger partial charge in [0.25, 0.3) is 0 Å². The van der Waals surface area contributed by atoms with Gasteiger partial charge in [-0.15, -0.1) is 0 Å². The van der Waals surface area contributed by atoms with E-state index in [1.54, 1.807) is 0 Å². The molecule has 1 aromatic carbocycles. The van der Waals surface area contributed by atoms with Crippen molar-refractivity contribution in [2.45, 2.75) is 32.9 Å². The lowest BCUT2D eigenvalue weighted by molar-refractivity contribution is 0.645. The highest BCUT2D eigenvalue weighted by Gasteiger charge is 2.10. The van der Waals surface area contributed by atoms with Crippen LogP contribution in [0.25, 0.3) is 0 Å². The van der Waals surface area contributed by atoms with Crippen LogP contribution in [0, 0.1) is 0 Å². The van der Waals surface area contributed by atoms with Crippen molar-refractivity contribution in [3.8, 4) is 0 Å². The molecule has 0 aliphatic heterocycles. The molecule has 4 nitrogen and oxygen atoms in total. The summed E-state index contributed by atoms with van der Waals surface area (Å²) >= 11 is 15.0.